The van der Waals surface area contributed by atoms with Crippen LogP contribution in [0.25, 0.3) is 5.69 Å². The van der Waals surface area contributed by atoms with Crippen molar-refractivity contribution < 1.29 is 4.57 Å². The number of benzene rings is 1. The van der Waals surface area contributed by atoms with Crippen molar-refractivity contribution in [2.45, 2.75) is 116 Å². The zero-order valence-electron chi connectivity index (χ0n) is 19.0. The van der Waals surface area contributed by atoms with E-state index < -0.39 is 0 Å². The van der Waals surface area contributed by atoms with Crippen molar-refractivity contribution in [3.63, 3.8) is 0 Å². The van der Waals surface area contributed by atoms with Gasteiger partial charge in [-0.25, -0.2) is 4.98 Å². The van der Waals surface area contributed by atoms with Gasteiger partial charge < -0.3 is 0 Å². The molecule has 0 radical (unpaired) electrons. The van der Waals surface area contributed by atoms with E-state index in [-0.39, 0.29) is 0 Å². The Labute approximate surface area is 180 Å². The predicted octanol–water partition coefficient (Wildman–Crippen LogP) is 8.10. The molecule has 0 aliphatic rings. The molecular weight excluding hydrogens is 352 g/mol. The van der Waals surface area contributed by atoms with E-state index in [2.05, 4.69) is 59.2 Å². The highest BCUT2D eigenvalue weighted by Gasteiger charge is 2.11. The molecule has 2 nitrogen and oxygen atoms in total. The third-order valence-electron chi connectivity index (χ3n) is 6.07. The van der Waals surface area contributed by atoms with Crippen LogP contribution in [0.15, 0.2) is 42.7 Å². The van der Waals surface area contributed by atoms with E-state index in [1.54, 1.807) is 0 Å². The van der Waals surface area contributed by atoms with Gasteiger partial charge in [0.05, 0.1) is 0 Å². The molecule has 0 atom stereocenters. The van der Waals surface area contributed by atoms with Crippen LogP contribution in [0, 0.1) is 0 Å². The van der Waals surface area contributed by atoms with Crippen LogP contribution in [-0.2, 0) is 6.42 Å². The van der Waals surface area contributed by atoms with Gasteiger partial charge in [-0.05, 0) is 18.6 Å². The second kappa shape index (κ2) is 16.3. The van der Waals surface area contributed by atoms with Gasteiger partial charge in [0.15, 0.2) is 0 Å². The molecule has 0 unspecified atom stereocenters. The summed E-state index contributed by atoms with van der Waals surface area (Å²) in [5.41, 5.74) is 1.25. The number of hydrogen-bond donors (Lipinski definition) is 1. The van der Waals surface area contributed by atoms with Gasteiger partial charge in [0.1, 0.15) is 18.1 Å². The Morgan fingerprint density at radius 1 is 0.621 bits per heavy atom. The number of nitrogens with zero attached hydrogens (tertiary/aromatic N) is 1. The number of para-hydroxylation sites is 1. The van der Waals surface area contributed by atoms with Crippen LogP contribution in [0.5, 0.6) is 0 Å². The molecule has 0 amide bonds. The van der Waals surface area contributed by atoms with Crippen molar-refractivity contribution in [1.82, 2.24) is 4.98 Å². The molecule has 1 aromatic carbocycles. The van der Waals surface area contributed by atoms with Crippen molar-refractivity contribution in [2.75, 3.05) is 0 Å². The van der Waals surface area contributed by atoms with Gasteiger partial charge in [-0.15, -0.1) is 0 Å². The number of hydrogen-bond acceptors (Lipinski definition) is 0. The van der Waals surface area contributed by atoms with Crippen LogP contribution in [0.4, 0.5) is 0 Å². The molecule has 0 bridgehead atoms. The predicted molar refractivity (Wildman–Crippen MR) is 126 cm³/mol. The van der Waals surface area contributed by atoms with Crippen molar-refractivity contribution >= 4 is 0 Å². The summed E-state index contributed by atoms with van der Waals surface area (Å²) < 4.78 is 2.28. The summed E-state index contributed by atoms with van der Waals surface area (Å²) in [6.07, 6.45) is 28.1. The van der Waals surface area contributed by atoms with Gasteiger partial charge >= 0.3 is 0 Å². The molecule has 162 valence electrons. The highest BCUT2D eigenvalue weighted by atomic mass is 15.1. The fourth-order valence-electron chi connectivity index (χ4n) is 4.23. The van der Waals surface area contributed by atoms with Crippen LogP contribution in [0.2, 0.25) is 0 Å². The molecule has 1 aromatic heterocycles. The van der Waals surface area contributed by atoms with E-state index in [1.165, 1.54) is 114 Å². The number of unbranched alkanes of at least 4 members (excludes halogenated alkanes) is 15. The normalized spacial score (nSPS) is 11.2. The Morgan fingerprint density at radius 2 is 1.10 bits per heavy atom. The summed E-state index contributed by atoms with van der Waals surface area (Å²) in [7, 11) is 0. The zero-order chi connectivity index (χ0) is 20.4. The first kappa shape index (κ1) is 23.7. The second-order valence-electron chi connectivity index (χ2n) is 8.67. The number of aryl methyl sites for hydroxylation is 1. The summed E-state index contributed by atoms with van der Waals surface area (Å²) in [5, 5.41) is 0. The summed E-state index contributed by atoms with van der Waals surface area (Å²) in [6, 6.07) is 10.6. The minimum Gasteiger partial charge on any atom is -0.247 e. The maximum atomic E-state index is 3.42. The van der Waals surface area contributed by atoms with Gasteiger partial charge in [-0.1, -0.05) is 121 Å². The Kier molecular flexibility index (Phi) is 13.3. The minimum absolute atomic E-state index is 1.14. The molecular formula is C27H45N2+. The fourth-order valence-corrected chi connectivity index (χ4v) is 4.23. The van der Waals surface area contributed by atoms with Crippen LogP contribution in [-0.4, -0.2) is 4.98 Å². The lowest BCUT2D eigenvalue weighted by Crippen LogP contribution is -2.32. The van der Waals surface area contributed by atoms with Crippen molar-refractivity contribution in [3.05, 3.63) is 48.5 Å². The minimum atomic E-state index is 1.14. The fraction of sp³-hybridized carbons (Fsp3) is 0.667. The molecule has 0 aliphatic carbocycles. The number of rotatable bonds is 18. The lowest BCUT2D eigenvalue weighted by Gasteiger charge is -2.03. The summed E-state index contributed by atoms with van der Waals surface area (Å²) >= 11 is 0. The highest BCUT2D eigenvalue weighted by Crippen LogP contribution is 2.14. The van der Waals surface area contributed by atoms with Crippen LogP contribution < -0.4 is 4.57 Å². The van der Waals surface area contributed by atoms with Crippen LogP contribution in [0.1, 0.15) is 115 Å². The van der Waals surface area contributed by atoms with Crippen LogP contribution in [0.3, 0.4) is 0 Å². The molecule has 0 fully saturated rings. The quantitative estimate of drug-likeness (QED) is 0.194. The highest BCUT2D eigenvalue weighted by molar-refractivity contribution is 5.21. The van der Waals surface area contributed by atoms with Gasteiger partial charge in [-0.3, -0.25) is 0 Å². The maximum absolute atomic E-state index is 3.42. The lowest BCUT2D eigenvalue weighted by molar-refractivity contribution is -0.603. The third kappa shape index (κ3) is 10.7. The van der Waals surface area contributed by atoms with E-state index in [0.717, 1.165) is 6.42 Å². The molecule has 0 aliphatic heterocycles. The molecule has 0 saturated heterocycles. The number of H-pyrrole nitrogens is 1. The Hall–Kier alpha value is -1.57. The van der Waals surface area contributed by atoms with E-state index in [4.69, 9.17) is 0 Å². The van der Waals surface area contributed by atoms with E-state index in [9.17, 15) is 0 Å². The number of nitrogens with one attached hydrogen (secondary N) is 1. The van der Waals surface area contributed by atoms with Gasteiger partial charge in [0, 0.05) is 6.42 Å². The Balaban J connectivity index is 1.38. The topological polar surface area (TPSA) is 19.7 Å². The van der Waals surface area contributed by atoms with E-state index in [0.29, 0.717) is 0 Å². The molecule has 0 spiro atoms. The average molecular weight is 398 g/mol. The number of aromatic amines is 1. The van der Waals surface area contributed by atoms with Crippen molar-refractivity contribution in [2.24, 2.45) is 0 Å². The molecule has 1 heterocycles. The van der Waals surface area contributed by atoms with E-state index >= 15 is 0 Å². The summed E-state index contributed by atoms with van der Waals surface area (Å²) in [6.45, 7) is 2.30. The molecule has 1 N–H and O–H groups in total. The first-order chi connectivity index (χ1) is 14.4. The second-order valence-corrected chi connectivity index (χ2v) is 8.67. The SMILES string of the molecule is CCCCCCCCCCCCCCCCCCc1[nH]cc[n+]1-c1ccccc1. The Bertz CT molecular complexity index is 602. The van der Waals surface area contributed by atoms with Crippen molar-refractivity contribution in [1.29, 1.82) is 0 Å². The Morgan fingerprint density at radius 3 is 1.62 bits per heavy atom. The summed E-state index contributed by atoms with van der Waals surface area (Å²) in [4.78, 5) is 3.42. The van der Waals surface area contributed by atoms with Gasteiger partial charge in [0.25, 0.3) is 5.82 Å². The molecule has 2 rings (SSSR count). The van der Waals surface area contributed by atoms with Crippen LogP contribution >= 0.6 is 0 Å². The average Bonchev–Trinajstić information content (AvgIpc) is 3.22. The largest absolute Gasteiger partial charge is 0.259 e. The third-order valence-corrected chi connectivity index (χ3v) is 6.07. The lowest BCUT2D eigenvalue weighted by atomic mass is 10.0. The maximum Gasteiger partial charge on any atom is 0.259 e. The smallest absolute Gasteiger partial charge is 0.247 e. The molecule has 2 aromatic rings. The number of imidazole rings is 1. The van der Waals surface area contributed by atoms with Gasteiger partial charge in [0.2, 0.25) is 0 Å². The summed E-state index contributed by atoms with van der Waals surface area (Å²) in [5.74, 6) is 1.32. The molecule has 29 heavy (non-hydrogen) atoms. The first-order valence-corrected chi connectivity index (χ1v) is 12.5. The van der Waals surface area contributed by atoms with Crippen molar-refractivity contribution in [3.8, 4) is 5.69 Å². The monoisotopic (exact) mass is 397 g/mol. The first-order valence-electron chi connectivity index (χ1n) is 12.5. The zero-order valence-corrected chi connectivity index (χ0v) is 19.0. The number of aromatic nitrogens is 2. The standard InChI is InChI=1S/C27H44N2/c1-2-3-4-5-6-7-8-9-10-11-12-13-14-15-16-20-23-27-28-24-25-29(27)26-21-18-17-19-22-26/h17-19,21-22,24-25H,2-16,20,23H2,1H3/p+1. The molecule has 2 heteroatoms. The van der Waals surface area contributed by atoms with Gasteiger partial charge in [-0.2, -0.15) is 4.57 Å². The molecule has 0 saturated carbocycles. The van der Waals surface area contributed by atoms with E-state index in [1.807, 2.05) is 0 Å².